The van der Waals surface area contributed by atoms with E-state index in [4.69, 9.17) is 4.74 Å². The van der Waals surface area contributed by atoms with E-state index in [1.165, 1.54) is 12.1 Å². The third-order valence-corrected chi connectivity index (χ3v) is 2.41. The lowest BCUT2D eigenvalue weighted by Gasteiger charge is -2.06. The zero-order valence-corrected chi connectivity index (χ0v) is 10.1. The summed E-state index contributed by atoms with van der Waals surface area (Å²) in [6.45, 7) is 5.05. The molecule has 0 radical (unpaired) electrons. The Labute approximate surface area is 101 Å². The molecule has 0 aliphatic carbocycles. The standard InChI is InChI=1S/C13H19F2NO/c1-2-17-9-3-8-16-10-11-4-6-12(7-5-11)13(14)15/h4-7,13,16H,2-3,8-10H2,1H3. The minimum absolute atomic E-state index is 0.0742. The monoisotopic (exact) mass is 243 g/mol. The van der Waals surface area contributed by atoms with Gasteiger partial charge in [-0.15, -0.1) is 0 Å². The molecule has 0 aliphatic heterocycles. The number of benzene rings is 1. The van der Waals surface area contributed by atoms with Crippen LogP contribution in [0.1, 0.15) is 30.9 Å². The first-order valence-electron chi connectivity index (χ1n) is 5.89. The molecule has 4 heteroatoms. The van der Waals surface area contributed by atoms with Crippen molar-refractivity contribution in [2.24, 2.45) is 0 Å². The average Bonchev–Trinajstić information content (AvgIpc) is 2.34. The van der Waals surface area contributed by atoms with Crippen molar-refractivity contribution in [2.45, 2.75) is 26.3 Å². The lowest BCUT2D eigenvalue weighted by molar-refractivity contribution is 0.144. The van der Waals surface area contributed by atoms with Gasteiger partial charge in [-0.2, -0.15) is 0 Å². The van der Waals surface area contributed by atoms with Crippen molar-refractivity contribution in [1.29, 1.82) is 0 Å². The molecule has 2 nitrogen and oxygen atoms in total. The smallest absolute Gasteiger partial charge is 0.263 e. The number of rotatable bonds is 8. The van der Waals surface area contributed by atoms with Crippen LogP contribution in [0.15, 0.2) is 24.3 Å². The molecule has 1 aromatic rings. The van der Waals surface area contributed by atoms with E-state index >= 15 is 0 Å². The second-order valence-corrected chi connectivity index (χ2v) is 3.77. The van der Waals surface area contributed by atoms with E-state index in [0.29, 0.717) is 6.54 Å². The van der Waals surface area contributed by atoms with Crippen LogP contribution >= 0.6 is 0 Å². The van der Waals surface area contributed by atoms with Crippen LogP contribution < -0.4 is 5.32 Å². The second kappa shape index (κ2) is 8.14. The molecule has 1 rings (SSSR count). The van der Waals surface area contributed by atoms with Crippen molar-refractivity contribution in [1.82, 2.24) is 5.32 Å². The summed E-state index contributed by atoms with van der Waals surface area (Å²) in [4.78, 5) is 0. The van der Waals surface area contributed by atoms with Gasteiger partial charge < -0.3 is 10.1 Å². The minimum Gasteiger partial charge on any atom is -0.382 e. The van der Waals surface area contributed by atoms with E-state index in [9.17, 15) is 8.78 Å². The molecule has 0 saturated carbocycles. The fraction of sp³-hybridized carbons (Fsp3) is 0.538. The Balaban J connectivity index is 2.19. The summed E-state index contributed by atoms with van der Waals surface area (Å²) in [6.07, 6.45) is -1.42. The topological polar surface area (TPSA) is 21.3 Å². The van der Waals surface area contributed by atoms with E-state index in [0.717, 1.165) is 31.7 Å². The van der Waals surface area contributed by atoms with Gasteiger partial charge in [-0.3, -0.25) is 0 Å². The summed E-state index contributed by atoms with van der Waals surface area (Å²) >= 11 is 0. The highest BCUT2D eigenvalue weighted by atomic mass is 19.3. The zero-order chi connectivity index (χ0) is 12.5. The third kappa shape index (κ3) is 5.75. The lowest BCUT2D eigenvalue weighted by Crippen LogP contribution is -2.16. The highest BCUT2D eigenvalue weighted by Gasteiger charge is 2.05. The molecule has 17 heavy (non-hydrogen) atoms. The maximum absolute atomic E-state index is 12.3. The largest absolute Gasteiger partial charge is 0.382 e. The quantitative estimate of drug-likeness (QED) is 0.708. The van der Waals surface area contributed by atoms with Gasteiger partial charge in [-0.25, -0.2) is 8.78 Å². The van der Waals surface area contributed by atoms with E-state index in [-0.39, 0.29) is 5.56 Å². The molecule has 0 bridgehead atoms. The molecule has 0 aromatic heterocycles. The van der Waals surface area contributed by atoms with E-state index in [1.54, 1.807) is 12.1 Å². The summed E-state index contributed by atoms with van der Waals surface area (Å²) in [5.74, 6) is 0. The molecule has 1 N–H and O–H groups in total. The number of hydrogen-bond donors (Lipinski definition) is 1. The van der Waals surface area contributed by atoms with Crippen LogP contribution in [-0.2, 0) is 11.3 Å². The number of alkyl halides is 2. The van der Waals surface area contributed by atoms with Crippen LogP contribution in [0.4, 0.5) is 8.78 Å². The predicted octanol–water partition coefficient (Wildman–Crippen LogP) is 3.14. The first-order chi connectivity index (χ1) is 8.24. The van der Waals surface area contributed by atoms with E-state index in [1.807, 2.05) is 6.92 Å². The van der Waals surface area contributed by atoms with Gasteiger partial charge >= 0.3 is 0 Å². The Morgan fingerprint density at radius 3 is 2.53 bits per heavy atom. The maximum Gasteiger partial charge on any atom is 0.263 e. The van der Waals surface area contributed by atoms with Crippen LogP contribution in [-0.4, -0.2) is 19.8 Å². The fourth-order valence-corrected chi connectivity index (χ4v) is 1.46. The summed E-state index contributed by atoms with van der Waals surface area (Å²) < 4.78 is 29.8. The van der Waals surface area contributed by atoms with Gasteiger partial charge in [0.2, 0.25) is 0 Å². The molecule has 0 amide bonds. The van der Waals surface area contributed by atoms with Crippen molar-refractivity contribution in [3.05, 3.63) is 35.4 Å². The summed E-state index contributed by atoms with van der Waals surface area (Å²) in [5.41, 5.74) is 1.09. The van der Waals surface area contributed by atoms with Crippen molar-refractivity contribution in [3.8, 4) is 0 Å². The molecule has 0 heterocycles. The van der Waals surface area contributed by atoms with Crippen molar-refractivity contribution in [2.75, 3.05) is 19.8 Å². The normalized spacial score (nSPS) is 11.1. The van der Waals surface area contributed by atoms with Gasteiger partial charge in [0.05, 0.1) is 0 Å². The van der Waals surface area contributed by atoms with Crippen LogP contribution in [0.3, 0.4) is 0 Å². The SMILES string of the molecule is CCOCCCNCc1ccc(C(F)F)cc1. The van der Waals surface area contributed by atoms with Gasteiger partial charge in [-0.05, 0) is 25.5 Å². The molecular formula is C13H19F2NO. The number of halogens is 2. The summed E-state index contributed by atoms with van der Waals surface area (Å²) in [6, 6.07) is 6.41. The molecule has 0 spiro atoms. The Morgan fingerprint density at radius 2 is 1.94 bits per heavy atom. The summed E-state index contributed by atoms with van der Waals surface area (Å²) in [5, 5.41) is 3.24. The highest BCUT2D eigenvalue weighted by Crippen LogP contribution is 2.18. The van der Waals surface area contributed by atoms with Crippen LogP contribution in [0.25, 0.3) is 0 Å². The number of hydrogen-bond acceptors (Lipinski definition) is 2. The van der Waals surface area contributed by atoms with Crippen molar-refractivity contribution >= 4 is 0 Å². The van der Waals surface area contributed by atoms with Crippen molar-refractivity contribution < 1.29 is 13.5 Å². The first kappa shape index (κ1) is 14.1. The first-order valence-corrected chi connectivity index (χ1v) is 5.89. The Hall–Kier alpha value is -1.00. The van der Waals surface area contributed by atoms with Crippen molar-refractivity contribution in [3.63, 3.8) is 0 Å². The molecule has 96 valence electrons. The van der Waals surface area contributed by atoms with Gasteiger partial charge in [0.25, 0.3) is 6.43 Å². The molecule has 0 aliphatic rings. The lowest BCUT2D eigenvalue weighted by atomic mass is 10.1. The summed E-state index contributed by atoms with van der Waals surface area (Å²) in [7, 11) is 0. The van der Waals surface area contributed by atoms with Gasteiger partial charge in [0.15, 0.2) is 0 Å². The molecule has 0 unspecified atom stereocenters. The van der Waals surface area contributed by atoms with Crippen LogP contribution in [0, 0.1) is 0 Å². The van der Waals surface area contributed by atoms with E-state index < -0.39 is 6.43 Å². The Morgan fingerprint density at radius 1 is 1.24 bits per heavy atom. The third-order valence-electron chi connectivity index (χ3n) is 2.41. The van der Waals surface area contributed by atoms with Gasteiger partial charge in [0, 0.05) is 25.3 Å². The van der Waals surface area contributed by atoms with Gasteiger partial charge in [-0.1, -0.05) is 24.3 Å². The van der Waals surface area contributed by atoms with E-state index in [2.05, 4.69) is 5.32 Å². The number of ether oxygens (including phenoxy) is 1. The van der Waals surface area contributed by atoms with Gasteiger partial charge in [0.1, 0.15) is 0 Å². The average molecular weight is 243 g/mol. The Kier molecular flexibility index (Phi) is 6.74. The number of nitrogens with one attached hydrogen (secondary N) is 1. The molecule has 1 aromatic carbocycles. The fourth-order valence-electron chi connectivity index (χ4n) is 1.46. The zero-order valence-electron chi connectivity index (χ0n) is 10.1. The van der Waals surface area contributed by atoms with Crippen LogP contribution in [0.2, 0.25) is 0 Å². The highest BCUT2D eigenvalue weighted by molar-refractivity contribution is 5.23. The minimum atomic E-state index is -2.39. The maximum atomic E-state index is 12.3. The van der Waals surface area contributed by atoms with Crippen LogP contribution in [0.5, 0.6) is 0 Å². The molecule has 0 fully saturated rings. The molecular weight excluding hydrogens is 224 g/mol. The second-order valence-electron chi connectivity index (χ2n) is 3.77. The molecule has 0 atom stereocenters. The molecule has 0 saturated heterocycles. The predicted molar refractivity (Wildman–Crippen MR) is 64.2 cm³/mol. The Bertz CT molecular complexity index is 301.